The largest absolute Gasteiger partial charge is 0.420 e. The molecule has 0 N–H and O–H groups in total. The van der Waals surface area contributed by atoms with Gasteiger partial charge in [0.05, 0.1) is 11.9 Å². The van der Waals surface area contributed by atoms with Gasteiger partial charge < -0.3 is 4.52 Å². The van der Waals surface area contributed by atoms with Gasteiger partial charge in [0.1, 0.15) is 5.76 Å². The van der Waals surface area contributed by atoms with E-state index in [4.69, 9.17) is 9.05 Å². The average Bonchev–Trinajstić information content (AvgIpc) is 2.76. The molecule has 4 rings (SSSR count). The highest BCUT2D eigenvalue weighted by atomic mass is 31.2. The smallest absolute Gasteiger partial charge is 0.411 e. The van der Waals surface area contributed by atoms with Crippen molar-refractivity contribution in [3.05, 3.63) is 113 Å². The molecule has 0 spiro atoms. The minimum atomic E-state index is -3.54. The fourth-order valence-corrected chi connectivity index (χ4v) is 5.19. The lowest BCUT2D eigenvalue weighted by molar-refractivity contribution is 0.280. The number of benzene rings is 3. The zero-order chi connectivity index (χ0) is 20.3. The Bertz CT molecular complexity index is 1100. The highest BCUT2D eigenvalue weighted by Crippen LogP contribution is 2.66. The maximum Gasteiger partial charge on any atom is 0.411 e. The summed E-state index contributed by atoms with van der Waals surface area (Å²) < 4.78 is 25.8. The van der Waals surface area contributed by atoms with Gasteiger partial charge in [-0.05, 0) is 31.1 Å². The average molecular weight is 402 g/mol. The third kappa shape index (κ3) is 3.98. The van der Waals surface area contributed by atoms with Crippen molar-refractivity contribution in [3.8, 4) is 0 Å². The zero-order valence-corrected chi connectivity index (χ0v) is 17.4. The first kappa shape index (κ1) is 19.4. The van der Waals surface area contributed by atoms with Crippen LogP contribution < -0.4 is 0 Å². The molecule has 0 fully saturated rings. The molecule has 0 bridgehead atoms. The van der Waals surface area contributed by atoms with Gasteiger partial charge in [0.15, 0.2) is 0 Å². The molecule has 1 atom stereocenters. The van der Waals surface area contributed by atoms with Crippen LogP contribution in [0.3, 0.4) is 0 Å². The Morgan fingerprint density at radius 3 is 1.97 bits per heavy atom. The highest BCUT2D eigenvalue weighted by molar-refractivity contribution is 7.65. The van der Waals surface area contributed by atoms with Crippen LogP contribution in [0.1, 0.15) is 29.2 Å². The third-order valence-electron chi connectivity index (χ3n) is 4.80. The summed E-state index contributed by atoms with van der Waals surface area (Å²) in [5.41, 5.74) is 4.73. The molecule has 0 aliphatic carbocycles. The van der Waals surface area contributed by atoms with Crippen molar-refractivity contribution in [2.24, 2.45) is 0 Å². The van der Waals surface area contributed by atoms with Crippen LogP contribution in [0, 0.1) is 6.92 Å². The maximum absolute atomic E-state index is 13.9. The lowest BCUT2D eigenvalue weighted by Crippen LogP contribution is -2.06. The summed E-state index contributed by atoms with van der Waals surface area (Å²) in [6.07, 6.45) is 1.96. The fraction of sp³-hybridized carbons (Fsp3) is 0.120. The van der Waals surface area contributed by atoms with Crippen LogP contribution in [-0.2, 0) is 13.6 Å². The minimum absolute atomic E-state index is 0.295. The third-order valence-corrected chi connectivity index (χ3v) is 6.80. The van der Waals surface area contributed by atoms with Gasteiger partial charge in [-0.1, -0.05) is 90.5 Å². The van der Waals surface area contributed by atoms with Crippen LogP contribution in [0.2, 0.25) is 0 Å². The molecule has 1 aliphatic rings. The second-order valence-electron chi connectivity index (χ2n) is 6.88. The summed E-state index contributed by atoms with van der Waals surface area (Å²) in [6.45, 7) is 4.15. The lowest BCUT2D eigenvalue weighted by Gasteiger charge is -2.29. The molecule has 146 valence electrons. The van der Waals surface area contributed by atoms with Crippen LogP contribution >= 0.6 is 7.60 Å². The summed E-state index contributed by atoms with van der Waals surface area (Å²) in [7, 11) is -3.54. The van der Waals surface area contributed by atoms with Crippen molar-refractivity contribution in [2.45, 2.75) is 13.8 Å². The second kappa shape index (κ2) is 8.24. The van der Waals surface area contributed by atoms with Gasteiger partial charge in [-0.3, -0.25) is 4.52 Å². The molecule has 3 nitrogen and oxygen atoms in total. The van der Waals surface area contributed by atoms with Gasteiger partial charge in [0.25, 0.3) is 0 Å². The Kier molecular flexibility index (Phi) is 5.53. The molecule has 0 amide bonds. The van der Waals surface area contributed by atoms with Crippen LogP contribution in [0.25, 0.3) is 16.6 Å². The molecule has 0 radical (unpaired) electrons. The van der Waals surface area contributed by atoms with E-state index in [1.54, 1.807) is 0 Å². The standard InChI is InChI=1S/C25H23O3P/c1-3-27-29(26)24(21-16-14-19(2)15-17-21)18-23(20-10-6-4-7-11-20)25(28-29)22-12-8-5-9-13-22/h4-18H,3H2,1-2H3. The quantitative estimate of drug-likeness (QED) is 0.425. The SMILES string of the molecule is CCOP1(=O)OC(c2ccccc2)=C(c2ccccc2)C=C1c1ccc(C)cc1. The van der Waals surface area contributed by atoms with Crippen molar-refractivity contribution in [1.82, 2.24) is 0 Å². The van der Waals surface area contributed by atoms with Crippen molar-refractivity contribution >= 4 is 24.2 Å². The summed E-state index contributed by atoms with van der Waals surface area (Å²) in [6, 6.07) is 27.7. The van der Waals surface area contributed by atoms with Gasteiger partial charge in [0, 0.05) is 11.1 Å². The van der Waals surface area contributed by atoms with E-state index in [2.05, 4.69) is 0 Å². The molecule has 3 aromatic carbocycles. The van der Waals surface area contributed by atoms with E-state index in [0.29, 0.717) is 17.7 Å². The molecule has 1 unspecified atom stereocenters. The Balaban J connectivity index is 1.97. The van der Waals surface area contributed by atoms with Crippen molar-refractivity contribution in [3.63, 3.8) is 0 Å². The van der Waals surface area contributed by atoms with E-state index in [1.165, 1.54) is 0 Å². The van der Waals surface area contributed by atoms with Gasteiger partial charge in [-0.2, -0.15) is 0 Å². The number of allylic oxidation sites excluding steroid dienone is 2. The van der Waals surface area contributed by atoms with Crippen LogP contribution in [0.4, 0.5) is 0 Å². The van der Waals surface area contributed by atoms with Crippen molar-refractivity contribution in [2.75, 3.05) is 6.61 Å². The van der Waals surface area contributed by atoms with E-state index >= 15 is 0 Å². The van der Waals surface area contributed by atoms with Crippen LogP contribution in [-0.4, -0.2) is 6.61 Å². The summed E-state index contributed by atoms with van der Waals surface area (Å²) in [5, 5.41) is 0.581. The fourth-order valence-electron chi connectivity index (χ4n) is 3.36. The number of rotatable bonds is 5. The van der Waals surface area contributed by atoms with Gasteiger partial charge in [-0.15, -0.1) is 0 Å². The van der Waals surface area contributed by atoms with E-state index < -0.39 is 7.60 Å². The topological polar surface area (TPSA) is 35.5 Å². The minimum Gasteiger partial charge on any atom is -0.420 e. The summed E-state index contributed by atoms with van der Waals surface area (Å²) in [5.74, 6) is 0.574. The molecule has 0 saturated heterocycles. The van der Waals surface area contributed by atoms with E-state index in [0.717, 1.165) is 27.8 Å². The van der Waals surface area contributed by atoms with Crippen LogP contribution in [0.15, 0.2) is 91.0 Å². The van der Waals surface area contributed by atoms with Gasteiger partial charge in [-0.25, -0.2) is 4.57 Å². The highest BCUT2D eigenvalue weighted by Gasteiger charge is 2.38. The molecular formula is C25H23O3P. The van der Waals surface area contributed by atoms with E-state index in [1.807, 2.05) is 105 Å². The molecular weight excluding hydrogens is 379 g/mol. The van der Waals surface area contributed by atoms with Crippen LogP contribution in [0.5, 0.6) is 0 Å². The Labute approximate surface area is 171 Å². The summed E-state index contributed by atoms with van der Waals surface area (Å²) >= 11 is 0. The lowest BCUT2D eigenvalue weighted by atomic mass is 9.99. The monoisotopic (exact) mass is 402 g/mol. The first-order valence-electron chi connectivity index (χ1n) is 9.69. The molecule has 4 heteroatoms. The van der Waals surface area contributed by atoms with Crippen molar-refractivity contribution in [1.29, 1.82) is 0 Å². The Morgan fingerprint density at radius 2 is 1.38 bits per heavy atom. The Morgan fingerprint density at radius 1 is 0.793 bits per heavy atom. The first-order valence-corrected chi connectivity index (χ1v) is 11.2. The predicted octanol–water partition coefficient (Wildman–Crippen LogP) is 7.16. The molecule has 3 aromatic rings. The number of aryl methyl sites for hydroxylation is 1. The van der Waals surface area contributed by atoms with Crippen molar-refractivity contribution < 1.29 is 13.6 Å². The normalized spacial score (nSPS) is 18.9. The van der Waals surface area contributed by atoms with E-state index in [-0.39, 0.29) is 0 Å². The Hall–Kier alpha value is -2.87. The number of hydrogen-bond acceptors (Lipinski definition) is 3. The molecule has 0 saturated carbocycles. The van der Waals surface area contributed by atoms with Gasteiger partial charge in [0.2, 0.25) is 0 Å². The second-order valence-corrected chi connectivity index (χ2v) is 8.79. The molecule has 0 aromatic heterocycles. The predicted molar refractivity (Wildman–Crippen MR) is 119 cm³/mol. The molecule has 1 heterocycles. The number of hydrogen-bond donors (Lipinski definition) is 0. The van der Waals surface area contributed by atoms with Gasteiger partial charge >= 0.3 is 7.60 Å². The zero-order valence-electron chi connectivity index (χ0n) is 16.5. The summed E-state index contributed by atoms with van der Waals surface area (Å²) in [4.78, 5) is 0. The molecule has 29 heavy (non-hydrogen) atoms. The first-order chi connectivity index (χ1) is 14.1. The van der Waals surface area contributed by atoms with E-state index in [9.17, 15) is 4.57 Å². The molecule has 1 aliphatic heterocycles. The maximum atomic E-state index is 13.9.